The summed E-state index contributed by atoms with van der Waals surface area (Å²) in [6.07, 6.45) is -4.18. The second kappa shape index (κ2) is 5.95. The first-order chi connectivity index (χ1) is 8.29. The maximum absolute atomic E-state index is 12.5. The highest BCUT2D eigenvalue weighted by molar-refractivity contribution is 6.30. The van der Waals surface area contributed by atoms with E-state index in [-0.39, 0.29) is 23.7 Å². The molecule has 0 fully saturated rings. The number of anilines is 1. The molecule has 1 aromatic carbocycles. The van der Waals surface area contributed by atoms with E-state index in [1.165, 1.54) is 6.07 Å². The van der Waals surface area contributed by atoms with Gasteiger partial charge < -0.3 is 10.4 Å². The van der Waals surface area contributed by atoms with Crippen molar-refractivity contribution in [2.24, 2.45) is 0 Å². The Kier molecular flexibility index (Phi) is 4.84. The van der Waals surface area contributed by atoms with Gasteiger partial charge in [-0.25, -0.2) is 0 Å². The van der Waals surface area contributed by atoms with Gasteiger partial charge in [0.25, 0.3) is 0 Å². The highest BCUT2D eigenvalue weighted by atomic mass is 35.5. The SMILES string of the molecule is O=C(O)CCCNc1cc(Cl)cc(C(F)(F)F)c1. The lowest BCUT2D eigenvalue weighted by Gasteiger charge is -2.11. The number of carbonyl (C=O) groups is 1. The highest BCUT2D eigenvalue weighted by Crippen LogP contribution is 2.33. The molecule has 1 aromatic rings. The van der Waals surface area contributed by atoms with E-state index in [4.69, 9.17) is 16.7 Å². The van der Waals surface area contributed by atoms with E-state index < -0.39 is 17.7 Å². The summed E-state index contributed by atoms with van der Waals surface area (Å²) >= 11 is 5.59. The predicted octanol–water partition coefficient (Wildman–Crippen LogP) is 3.64. The zero-order valence-electron chi connectivity index (χ0n) is 9.22. The molecule has 0 heterocycles. The highest BCUT2D eigenvalue weighted by Gasteiger charge is 2.31. The fourth-order valence-electron chi connectivity index (χ4n) is 1.33. The largest absolute Gasteiger partial charge is 0.481 e. The summed E-state index contributed by atoms with van der Waals surface area (Å²) in [5.41, 5.74) is -0.615. The Morgan fingerprint density at radius 2 is 2.00 bits per heavy atom. The number of carboxylic acid groups (broad SMARTS) is 1. The van der Waals surface area contributed by atoms with E-state index in [9.17, 15) is 18.0 Å². The molecule has 100 valence electrons. The number of hydrogen-bond donors (Lipinski definition) is 2. The lowest BCUT2D eigenvalue weighted by Crippen LogP contribution is -2.08. The molecule has 0 saturated carbocycles. The fourth-order valence-corrected chi connectivity index (χ4v) is 1.56. The first-order valence-corrected chi connectivity index (χ1v) is 5.50. The maximum atomic E-state index is 12.5. The van der Waals surface area contributed by atoms with Crippen LogP contribution >= 0.6 is 11.6 Å². The molecule has 0 spiro atoms. The smallest absolute Gasteiger partial charge is 0.416 e. The van der Waals surface area contributed by atoms with Crippen molar-refractivity contribution < 1.29 is 23.1 Å². The van der Waals surface area contributed by atoms with Gasteiger partial charge in [0.15, 0.2) is 0 Å². The van der Waals surface area contributed by atoms with Crippen LogP contribution in [0.1, 0.15) is 18.4 Å². The fraction of sp³-hybridized carbons (Fsp3) is 0.364. The van der Waals surface area contributed by atoms with Crippen LogP contribution in [0.4, 0.5) is 18.9 Å². The standard InChI is InChI=1S/C11H11ClF3NO2/c12-8-4-7(11(13,14)15)5-9(6-8)16-3-1-2-10(17)18/h4-6,16H,1-3H2,(H,17,18). The molecule has 3 nitrogen and oxygen atoms in total. The molecule has 0 aliphatic heterocycles. The first kappa shape index (κ1) is 14.6. The quantitative estimate of drug-likeness (QED) is 0.810. The van der Waals surface area contributed by atoms with Gasteiger partial charge in [-0.3, -0.25) is 4.79 Å². The van der Waals surface area contributed by atoms with E-state index in [0.717, 1.165) is 12.1 Å². The van der Waals surface area contributed by atoms with Crippen molar-refractivity contribution in [2.45, 2.75) is 19.0 Å². The molecule has 0 bridgehead atoms. The van der Waals surface area contributed by atoms with Crippen molar-refractivity contribution in [1.82, 2.24) is 0 Å². The number of benzene rings is 1. The number of rotatable bonds is 5. The number of alkyl halides is 3. The summed E-state index contributed by atoms with van der Waals surface area (Å²) in [6, 6.07) is 3.13. The summed E-state index contributed by atoms with van der Waals surface area (Å²) < 4.78 is 37.4. The minimum atomic E-state index is -4.46. The second-order valence-electron chi connectivity index (χ2n) is 3.65. The number of nitrogens with one attached hydrogen (secondary N) is 1. The van der Waals surface area contributed by atoms with Gasteiger partial charge in [-0.2, -0.15) is 13.2 Å². The van der Waals surface area contributed by atoms with E-state index >= 15 is 0 Å². The average Bonchev–Trinajstić information content (AvgIpc) is 2.22. The third kappa shape index (κ3) is 4.83. The zero-order chi connectivity index (χ0) is 13.8. The molecule has 2 N–H and O–H groups in total. The minimum absolute atomic E-state index is 0.0226. The summed E-state index contributed by atoms with van der Waals surface area (Å²) in [4.78, 5) is 10.3. The topological polar surface area (TPSA) is 49.3 Å². The van der Waals surface area contributed by atoms with E-state index in [2.05, 4.69) is 5.32 Å². The van der Waals surface area contributed by atoms with Crippen LogP contribution in [0.5, 0.6) is 0 Å². The Labute approximate surface area is 107 Å². The van der Waals surface area contributed by atoms with Crippen LogP contribution in [0.2, 0.25) is 5.02 Å². The molecule has 0 amide bonds. The zero-order valence-corrected chi connectivity index (χ0v) is 9.98. The summed E-state index contributed by atoms with van der Waals surface area (Å²) in [6.45, 7) is 0.268. The number of hydrogen-bond acceptors (Lipinski definition) is 2. The number of carboxylic acids is 1. The summed E-state index contributed by atoms with van der Waals surface area (Å²) in [5.74, 6) is -0.945. The van der Waals surface area contributed by atoms with E-state index in [1.54, 1.807) is 0 Å². The van der Waals surface area contributed by atoms with Gasteiger partial charge in [-0.05, 0) is 24.6 Å². The van der Waals surface area contributed by atoms with Crippen molar-refractivity contribution in [3.05, 3.63) is 28.8 Å². The number of halogens is 4. The lowest BCUT2D eigenvalue weighted by atomic mass is 10.2. The first-order valence-electron chi connectivity index (χ1n) is 5.12. The molecule has 0 aromatic heterocycles. The molecule has 7 heteroatoms. The van der Waals surface area contributed by atoms with Gasteiger partial charge in [0.1, 0.15) is 0 Å². The van der Waals surface area contributed by atoms with E-state index in [0.29, 0.717) is 6.42 Å². The van der Waals surface area contributed by atoms with Gasteiger partial charge in [-0.1, -0.05) is 11.6 Å². The molecule has 18 heavy (non-hydrogen) atoms. The maximum Gasteiger partial charge on any atom is 0.416 e. The molecule has 0 saturated heterocycles. The Morgan fingerprint density at radius 1 is 1.33 bits per heavy atom. The van der Waals surface area contributed by atoms with Crippen LogP contribution in [0.3, 0.4) is 0 Å². The molecule has 0 radical (unpaired) electrons. The van der Waals surface area contributed by atoms with Crippen LogP contribution < -0.4 is 5.32 Å². The third-order valence-corrected chi connectivity index (χ3v) is 2.34. The van der Waals surface area contributed by atoms with Crippen molar-refractivity contribution in [2.75, 3.05) is 11.9 Å². The monoisotopic (exact) mass is 281 g/mol. The number of aliphatic carboxylic acids is 1. The van der Waals surface area contributed by atoms with Gasteiger partial charge in [0, 0.05) is 23.7 Å². The Bertz CT molecular complexity index is 435. The van der Waals surface area contributed by atoms with Crippen molar-refractivity contribution >= 4 is 23.3 Å². The van der Waals surface area contributed by atoms with Crippen LogP contribution in [-0.2, 0) is 11.0 Å². The van der Waals surface area contributed by atoms with E-state index in [1.807, 2.05) is 0 Å². The summed E-state index contributed by atoms with van der Waals surface area (Å²) in [5, 5.41) is 11.1. The Morgan fingerprint density at radius 3 is 2.56 bits per heavy atom. The average molecular weight is 282 g/mol. The van der Waals surface area contributed by atoms with Gasteiger partial charge in [-0.15, -0.1) is 0 Å². The Hall–Kier alpha value is -1.43. The van der Waals surface area contributed by atoms with Crippen LogP contribution in [-0.4, -0.2) is 17.6 Å². The molecular formula is C11H11ClF3NO2. The van der Waals surface area contributed by atoms with Gasteiger partial charge in [0.2, 0.25) is 0 Å². The van der Waals surface area contributed by atoms with Gasteiger partial charge in [0.05, 0.1) is 5.56 Å². The van der Waals surface area contributed by atoms with Crippen molar-refractivity contribution in [1.29, 1.82) is 0 Å². The van der Waals surface area contributed by atoms with Crippen LogP contribution in [0.25, 0.3) is 0 Å². The van der Waals surface area contributed by atoms with Crippen molar-refractivity contribution in [3.63, 3.8) is 0 Å². The minimum Gasteiger partial charge on any atom is -0.481 e. The molecule has 0 unspecified atom stereocenters. The van der Waals surface area contributed by atoms with Crippen molar-refractivity contribution in [3.8, 4) is 0 Å². The molecule has 0 aliphatic rings. The molecule has 1 rings (SSSR count). The normalized spacial score (nSPS) is 11.3. The molecule has 0 aliphatic carbocycles. The summed E-state index contributed by atoms with van der Waals surface area (Å²) in [7, 11) is 0. The van der Waals surface area contributed by atoms with Crippen LogP contribution in [0, 0.1) is 0 Å². The Balaban J connectivity index is 2.66. The predicted molar refractivity (Wildman–Crippen MR) is 61.8 cm³/mol. The van der Waals surface area contributed by atoms with Gasteiger partial charge >= 0.3 is 12.1 Å². The van der Waals surface area contributed by atoms with Crippen LogP contribution in [0.15, 0.2) is 18.2 Å². The lowest BCUT2D eigenvalue weighted by molar-refractivity contribution is -0.138. The molecule has 0 atom stereocenters. The third-order valence-electron chi connectivity index (χ3n) is 2.12. The second-order valence-corrected chi connectivity index (χ2v) is 4.09. The molecular weight excluding hydrogens is 271 g/mol.